The van der Waals surface area contributed by atoms with Gasteiger partial charge in [0.2, 0.25) is 5.91 Å². The Kier molecular flexibility index (Phi) is 6.47. The van der Waals surface area contributed by atoms with Crippen molar-refractivity contribution in [3.63, 3.8) is 0 Å². The Morgan fingerprint density at radius 2 is 2.03 bits per heavy atom. The SMILES string of the molecule is CN(C(=O)c1cn[nH]c1C1CCCN(C(=O)CC2CCCCO2)C1)c1ccccc1. The highest BCUT2D eigenvalue weighted by atomic mass is 16.5. The molecule has 0 saturated carbocycles. The third-order valence-electron chi connectivity index (χ3n) is 6.21. The Hall–Kier alpha value is -2.67. The maximum absolute atomic E-state index is 13.1. The van der Waals surface area contributed by atoms with Gasteiger partial charge in [-0.25, -0.2) is 0 Å². The number of benzene rings is 1. The third kappa shape index (κ3) is 4.56. The maximum Gasteiger partial charge on any atom is 0.261 e. The van der Waals surface area contributed by atoms with Crippen molar-refractivity contribution >= 4 is 17.5 Å². The van der Waals surface area contributed by atoms with Gasteiger partial charge in [0.1, 0.15) is 0 Å². The van der Waals surface area contributed by atoms with Crippen molar-refractivity contribution in [3.8, 4) is 0 Å². The standard InChI is InChI=1S/C23H30N4O3/c1-26(18-9-3-2-4-10-18)23(29)20-15-24-25-22(20)17-8-7-12-27(16-17)21(28)14-19-11-5-6-13-30-19/h2-4,9-10,15,17,19H,5-8,11-14,16H2,1H3,(H,24,25). The number of H-pyrrole nitrogens is 1. The second kappa shape index (κ2) is 9.43. The molecule has 1 aromatic heterocycles. The van der Waals surface area contributed by atoms with Crippen LogP contribution >= 0.6 is 0 Å². The van der Waals surface area contributed by atoms with Crippen LogP contribution in [0.2, 0.25) is 0 Å². The van der Waals surface area contributed by atoms with Crippen LogP contribution in [0.4, 0.5) is 5.69 Å². The number of aromatic nitrogens is 2. The lowest BCUT2D eigenvalue weighted by atomic mass is 9.91. The molecular weight excluding hydrogens is 380 g/mol. The smallest absolute Gasteiger partial charge is 0.261 e. The second-order valence-electron chi connectivity index (χ2n) is 8.27. The van der Waals surface area contributed by atoms with Crippen LogP contribution in [0.15, 0.2) is 36.5 Å². The fourth-order valence-corrected chi connectivity index (χ4v) is 4.46. The lowest BCUT2D eigenvalue weighted by Crippen LogP contribution is -2.41. The molecule has 4 rings (SSSR count). The van der Waals surface area contributed by atoms with Crippen LogP contribution in [0.25, 0.3) is 0 Å². The number of nitrogens with zero attached hydrogens (tertiary/aromatic N) is 3. The molecule has 2 aromatic rings. The molecule has 2 saturated heterocycles. The fraction of sp³-hybridized carbons (Fsp3) is 0.522. The number of likely N-dealkylation sites (tertiary alicyclic amines) is 1. The monoisotopic (exact) mass is 410 g/mol. The molecule has 2 aliphatic rings. The van der Waals surface area contributed by atoms with Crippen molar-refractivity contribution < 1.29 is 14.3 Å². The molecule has 2 aliphatic heterocycles. The van der Waals surface area contributed by atoms with E-state index in [4.69, 9.17) is 4.74 Å². The number of nitrogens with one attached hydrogen (secondary N) is 1. The van der Waals surface area contributed by atoms with Gasteiger partial charge in [-0.2, -0.15) is 5.10 Å². The first-order valence-electron chi connectivity index (χ1n) is 10.9. The average Bonchev–Trinajstić information content (AvgIpc) is 3.29. The lowest BCUT2D eigenvalue weighted by molar-refractivity contribution is -0.136. The zero-order chi connectivity index (χ0) is 20.9. The van der Waals surface area contributed by atoms with Gasteiger partial charge in [0.15, 0.2) is 0 Å². The summed E-state index contributed by atoms with van der Waals surface area (Å²) < 4.78 is 5.74. The fourth-order valence-electron chi connectivity index (χ4n) is 4.46. The largest absolute Gasteiger partial charge is 0.378 e. The van der Waals surface area contributed by atoms with Gasteiger partial charge in [0, 0.05) is 38.3 Å². The Labute approximate surface area is 177 Å². The average molecular weight is 411 g/mol. The summed E-state index contributed by atoms with van der Waals surface area (Å²) in [6.07, 6.45) is 7.15. The molecule has 2 amide bonds. The van der Waals surface area contributed by atoms with Crippen LogP contribution in [-0.4, -0.2) is 59.8 Å². The Bertz CT molecular complexity index is 860. The summed E-state index contributed by atoms with van der Waals surface area (Å²) in [7, 11) is 1.77. The van der Waals surface area contributed by atoms with Crippen molar-refractivity contribution in [3.05, 3.63) is 47.8 Å². The van der Waals surface area contributed by atoms with E-state index >= 15 is 0 Å². The van der Waals surface area contributed by atoms with Crippen LogP contribution in [0.3, 0.4) is 0 Å². The van der Waals surface area contributed by atoms with Crippen LogP contribution in [0.1, 0.15) is 60.5 Å². The minimum Gasteiger partial charge on any atom is -0.378 e. The highest BCUT2D eigenvalue weighted by molar-refractivity contribution is 6.06. The first kappa shape index (κ1) is 20.6. The summed E-state index contributed by atoms with van der Waals surface area (Å²) in [4.78, 5) is 29.5. The number of piperidine rings is 1. The normalized spacial score (nSPS) is 22.0. The molecule has 1 aromatic carbocycles. The van der Waals surface area contributed by atoms with E-state index in [1.165, 1.54) is 0 Å². The number of anilines is 1. The Balaban J connectivity index is 1.43. The van der Waals surface area contributed by atoms with Gasteiger partial charge >= 0.3 is 0 Å². The van der Waals surface area contributed by atoms with Crippen LogP contribution < -0.4 is 4.90 Å². The molecule has 2 fully saturated rings. The molecule has 2 unspecified atom stereocenters. The van der Waals surface area contributed by atoms with Gasteiger partial charge in [-0.05, 0) is 44.2 Å². The van der Waals surface area contributed by atoms with E-state index in [9.17, 15) is 9.59 Å². The van der Waals surface area contributed by atoms with Crippen molar-refractivity contribution in [2.75, 3.05) is 31.6 Å². The van der Waals surface area contributed by atoms with Crippen LogP contribution in [0, 0.1) is 0 Å². The van der Waals surface area contributed by atoms with Crippen molar-refractivity contribution in [2.45, 2.75) is 50.5 Å². The minimum atomic E-state index is -0.0935. The van der Waals surface area contributed by atoms with Gasteiger partial charge in [0.25, 0.3) is 5.91 Å². The van der Waals surface area contributed by atoms with Crippen LogP contribution in [0.5, 0.6) is 0 Å². The van der Waals surface area contributed by atoms with E-state index in [1.807, 2.05) is 35.2 Å². The van der Waals surface area contributed by atoms with Gasteiger partial charge in [-0.3, -0.25) is 14.7 Å². The first-order valence-corrected chi connectivity index (χ1v) is 10.9. The van der Waals surface area contributed by atoms with E-state index < -0.39 is 0 Å². The summed E-state index contributed by atoms with van der Waals surface area (Å²) in [5, 5.41) is 7.21. The van der Waals surface area contributed by atoms with E-state index in [0.29, 0.717) is 18.5 Å². The molecule has 2 atom stereocenters. The number of hydrogen-bond acceptors (Lipinski definition) is 4. The first-order chi connectivity index (χ1) is 14.6. The molecule has 1 N–H and O–H groups in total. The third-order valence-corrected chi connectivity index (χ3v) is 6.21. The molecular formula is C23H30N4O3. The number of rotatable bonds is 5. The zero-order valence-corrected chi connectivity index (χ0v) is 17.5. The Morgan fingerprint density at radius 3 is 2.80 bits per heavy atom. The van der Waals surface area contributed by atoms with Crippen molar-refractivity contribution in [1.82, 2.24) is 15.1 Å². The van der Waals surface area contributed by atoms with Crippen LogP contribution in [-0.2, 0) is 9.53 Å². The van der Waals surface area contributed by atoms with E-state index in [0.717, 1.165) is 56.6 Å². The number of amides is 2. The summed E-state index contributed by atoms with van der Waals surface area (Å²) in [5.41, 5.74) is 2.24. The van der Waals surface area contributed by atoms with Gasteiger partial charge in [-0.15, -0.1) is 0 Å². The molecule has 30 heavy (non-hydrogen) atoms. The van der Waals surface area contributed by atoms with Gasteiger partial charge < -0.3 is 14.5 Å². The predicted molar refractivity (Wildman–Crippen MR) is 115 cm³/mol. The molecule has 0 bridgehead atoms. The summed E-state index contributed by atoms with van der Waals surface area (Å²) >= 11 is 0. The molecule has 3 heterocycles. The van der Waals surface area contributed by atoms with Gasteiger partial charge in [-0.1, -0.05) is 18.2 Å². The van der Waals surface area contributed by atoms with Crippen molar-refractivity contribution in [2.24, 2.45) is 0 Å². The quantitative estimate of drug-likeness (QED) is 0.820. The zero-order valence-electron chi connectivity index (χ0n) is 17.5. The molecule has 0 spiro atoms. The molecule has 0 radical (unpaired) electrons. The topological polar surface area (TPSA) is 78.5 Å². The van der Waals surface area contributed by atoms with E-state index in [2.05, 4.69) is 10.2 Å². The lowest BCUT2D eigenvalue weighted by Gasteiger charge is -2.34. The summed E-state index contributed by atoms with van der Waals surface area (Å²) in [6.45, 7) is 2.14. The number of carbonyl (C=O) groups is 2. The summed E-state index contributed by atoms with van der Waals surface area (Å²) in [5.74, 6) is 0.144. The molecule has 7 heteroatoms. The molecule has 160 valence electrons. The number of para-hydroxylation sites is 1. The number of ether oxygens (including phenoxy) is 1. The molecule has 0 aliphatic carbocycles. The van der Waals surface area contributed by atoms with E-state index in [-0.39, 0.29) is 23.8 Å². The molecule has 7 nitrogen and oxygen atoms in total. The number of carbonyl (C=O) groups excluding carboxylic acids is 2. The van der Waals surface area contributed by atoms with Crippen molar-refractivity contribution in [1.29, 1.82) is 0 Å². The highest BCUT2D eigenvalue weighted by Gasteiger charge is 2.31. The highest BCUT2D eigenvalue weighted by Crippen LogP contribution is 2.30. The summed E-state index contributed by atoms with van der Waals surface area (Å²) in [6, 6.07) is 9.57. The Morgan fingerprint density at radius 1 is 1.20 bits per heavy atom. The number of aromatic amines is 1. The maximum atomic E-state index is 13.1. The van der Waals surface area contributed by atoms with E-state index in [1.54, 1.807) is 18.1 Å². The predicted octanol–water partition coefficient (Wildman–Crippen LogP) is 3.35. The van der Waals surface area contributed by atoms with Gasteiger partial charge in [0.05, 0.1) is 30.0 Å². The number of hydrogen-bond donors (Lipinski definition) is 1. The minimum absolute atomic E-state index is 0.0513. The second-order valence-corrected chi connectivity index (χ2v) is 8.27.